The number of hydrogen-bond acceptors (Lipinski definition) is 4. The Morgan fingerprint density at radius 3 is 2.60 bits per heavy atom. The molecule has 0 unspecified atom stereocenters. The highest BCUT2D eigenvalue weighted by atomic mass is 32.2. The Balaban J connectivity index is 2.17. The molecule has 2 rings (SSSR count). The van der Waals surface area contributed by atoms with Crippen LogP contribution in [-0.4, -0.2) is 26.0 Å². The van der Waals surface area contributed by atoms with E-state index in [0.29, 0.717) is 17.8 Å². The average Bonchev–Trinajstić information content (AvgIpc) is 2.89. The summed E-state index contributed by atoms with van der Waals surface area (Å²) in [6.45, 7) is 2.23. The van der Waals surface area contributed by atoms with E-state index in [1.807, 2.05) is 0 Å². The van der Waals surface area contributed by atoms with Gasteiger partial charge in [-0.05, 0) is 43.7 Å². The number of rotatable bonds is 5. The maximum Gasteiger partial charge on any atom is 0.240 e. The van der Waals surface area contributed by atoms with E-state index in [1.165, 1.54) is 12.8 Å². The van der Waals surface area contributed by atoms with Crippen LogP contribution in [0.3, 0.4) is 0 Å². The summed E-state index contributed by atoms with van der Waals surface area (Å²) >= 11 is 1.77. The molecule has 1 aliphatic rings. The SMILES string of the molecule is CSC1(CNS(=O)(=O)c2cccc(N)c2C)CCCC1. The van der Waals surface area contributed by atoms with Crippen LogP contribution in [0.15, 0.2) is 23.1 Å². The van der Waals surface area contributed by atoms with E-state index >= 15 is 0 Å². The summed E-state index contributed by atoms with van der Waals surface area (Å²) in [6.07, 6.45) is 6.57. The fraction of sp³-hybridized carbons (Fsp3) is 0.571. The molecule has 1 fully saturated rings. The molecule has 0 atom stereocenters. The lowest BCUT2D eigenvalue weighted by Gasteiger charge is -2.27. The van der Waals surface area contributed by atoms with Crippen molar-refractivity contribution in [1.29, 1.82) is 0 Å². The minimum atomic E-state index is -3.49. The largest absolute Gasteiger partial charge is 0.398 e. The molecule has 0 bridgehead atoms. The molecule has 6 heteroatoms. The van der Waals surface area contributed by atoms with Crippen molar-refractivity contribution in [3.63, 3.8) is 0 Å². The molecule has 1 aliphatic carbocycles. The molecule has 112 valence electrons. The molecule has 0 heterocycles. The second kappa shape index (κ2) is 5.95. The van der Waals surface area contributed by atoms with Crippen molar-refractivity contribution >= 4 is 27.5 Å². The van der Waals surface area contributed by atoms with Gasteiger partial charge in [-0.15, -0.1) is 0 Å². The van der Waals surface area contributed by atoms with E-state index in [4.69, 9.17) is 5.73 Å². The van der Waals surface area contributed by atoms with Crippen molar-refractivity contribution in [3.8, 4) is 0 Å². The van der Waals surface area contributed by atoms with Crippen molar-refractivity contribution in [2.24, 2.45) is 0 Å². The van der Waals surface area contributed by atoms with Crippen molar-refractivity contribution in [2.75, 3.05) is 18.5 Å². The summed E-state index contributed by atoms with van der Waals surface area (Å²) in [5.74, 6) is 0. The Bertz CT molecular complexity index is 579. The van der Waals surface area contributed by atoms with Gasteiger partial charge in [0.1, 0.15) is 0 Å². The Morgan fingerprint density at radius 2 is 2.00 bits per heavy atom. The first-order valence-electron chi connectivity index (χ1n) is 6.80. The Kier molecular flexibility index (Phi) is 4.66. The maximum absolute atomic E-state index is 12.4. The van der Waals surface area contributed by atoms with Gasteiger partial charge in [0.25, 0.3) is 0 Å². The van der Waals surface area contributed by atoms with Crippen LogP contribution in [0.25, 0.3) is 0 Å². The van der Waals surface area contributed by atoms with Crippen LogP contribution in [0.4, 0.5) is 5.69 Å². The molecule has 1 saturated carbocycles. The number of sulfonamides is 1. The summed E-state index contributed by atoms with van der Waals surface area (Å²) in [7, 11) is -3.49. The van der Waals surface area contributed by atoms with Gasteiger partial charge in [-0.2, -0.15) is 11.8 Å². The van der Waals surface area contributed by atoms with E-state index in [-0.39, 0.29) is 9.64 Å². The zero-order valence-electron chi connectivity index (χ0n) is 12.0. The first kappa shape index (κ1) is 15.7. The van der Waals surface area contributed by atoms with Crippen LogP contribution < -0.4 is 10.5 Å². The Morgan fingerprint density at radius 1 is 1.35 bits per heavy atom. The molecule has 0 aromatic heterocycles. The fourth-order valence-electron chi connectivity index (χ4n) is 2.70. The molecule has 20 heavy (non-hydrogen) atoms. The van der Waals surface area contributed by atoms with Gasteiger partial charge in [0.2, 0.25) is 10.0 Å². The molecule has 4 nitrogen and oxygen atoms in total. The summed E-state index contributed by atoms with van der Waals surface area (Å²) in [5, 5.41) is 0. The summed E-state index contributed by atoms with van der Waals surface area (Å²) in [4.78, 5) is 0.284. The van der Waals surface area contributed by atoms with Gasteiger partial charge in [0.15, 0.2) is 0 Å². The summed E-state index contributed by atoms with van der Waals surface area (Å²) in [5.41, 5.74) is 6.91. The van der Waals surface area contributed by atoms with Crippen LogP contribution in [0, 0.1) is 6.92 Å². The average molecular weight is 314 g/mol. The number of thioether (sulfide) groups is 1. The van der Waals surface area contributed by atoms with Crippen LogP contribution in [-0.2, 0) is 10.0 Å². The third-order valence-electron chi connectivity index (χ3n) is 4.15. The van der Waals surface area contributed by atoms with Crippen LogP contribution >= 0.6 is 11.8 Å². The lowest BCUT2D eigenvalue weighted by atomic mass is 10.1. The van der Waals surface area contributed by atoms with Crippen molar-refractivity contribution in [3.05, 3.63) is 23.8 Å². The zero-order valence-corrected chi connectivity index (χ0v) is 13.6. The number of benzene rings is 1. The third-order valence-corrected chi connectivity index (χ3v) is 7.11. The summed E-state index contributed by atoms with van der Waals surface area (Å²) in [6, 6.07) is 5.00. The Labute approximate surface area is 125 Å². The predicted octanol–water partition coefficient (Wildman–Crippen LogP) is 2.53. The minimum Gasteiger partial charge on any atom is -0.398 e. The van der Waals surface area contributed by atoms with Gasteiger partial charge < -0.3 is 5.73 Å². The van der Waals surface area contributed by atoms with Crippen molar-refractivity contribution in [2.45, 2.75) is 42.2 Å². The molecular formula is C14H22N2O2S2. The molecular weight excluding hydrogens is 292 g/mol. The smallest absolute Gasteiger partial charge is 0.240 e. The number of hydrogen-bond donors (Lipinski definition) is 2. The molecule has 1 aromatic carbocycles. The van der Waals surface area contributed by atoms with E-state index < -0.39 is 10.0 Å². The van der Waals surface area contributed by atoms with Gasteiger partial charge in [-0.1, -0.05) is 18.9 Å². The monoisotopic (exact) mass is 314 g/mol. The molecule has 3 N–H and O–H groups in total. The van der Waals surface area contributed by atoms with Crippen LogP contribution in [0.2, 0.25) is 0 Å². The van der Waals surface area contributed by atoms with Crippen molar-refractivity contribution in [1.82, 2.24) is 4.72 Å². The topological polar surface area (TPSA) is 72.2 Å². The van der Waals surface area contributed by atoms with E-state index in [2.05, 4.69) is 11.0 Å². The normalized spacial score (nSPS) is 18.3. The number of nitrogens with two attached hydrogens (primary N) is 1. The molecule has 0 amide bonds. The maximum atomic E-state index is 12.4. The second-order valence-electron chi connectivity index (χ2n) is 5.39. The van der Waals surface area contributed by atoms with E-state index in [0.717, 1.165) is 12.8 Å². The number of anilines is 1. The minimum absolute atomic E-state index is 0.0568. The van der Waals surface area contributed by atoms with E-state index in [9.17, 15) is 8.42 Å². The quantitative estimate of drug-likeness (QED) is 0.819. The summed E-state index contributed by atoms with van der Waals surface area (Å²) < 4.78 is 27.7. The predicted molar refractivity (Wildman–Crippen MR) is 85.5 cm³/mol. The first-order chi connectivity index (χ1) is 9.40. The highest BCUT2D eigenvalue weighted by molar-refractivity contribution is 8.00. The lowest BCUT2D eigenvalue weighted by Crippen LogP contribution is -2.38. The van der Waals surface area contributed by atoms with Crippen LogP contribution in [0.5, 0.6) is 0 Å². The molecule has 0 saturated heterocycles. The Hall–Kier alpha value is -0.720. The van der Waals surface area contributed by atoms with Gasteiger partial charge in [0, 0.05) is 17.0 Å². The van der Waals surface area contributed by atoms with Gasteiger partial charge in [0.05, 0.1) is 4.90 Å². The van der Waals surface area contributed by atoms with E-state index in [1.54, 1.807) is 36.9 Å². The standard InChI is InChI=1S/C14H22N2O2S2/c1-11-12(15)6-5-7-13(11)20(17,18)16-10-14(19-2)8-3-4-9-14/h5-7,16H,3-4,8-10,15H2,1-2H3. The lowest BCUT2D eigenvalue weighted by molar-refractivity contribution is 0.551. The highest BCUT2D eigenvalue weighted by Crippen LogP contribution is 2.39. The number of nitrogens with one attached hydrogen (secondary N) is 1. The van der Waals surface area contributed by atoms with Crippen molar-refractivity contribution < 1.29 is 8.42 Å². The van der Waals surface area contributed by atoms with Gasteiger partial charge in [-0.25, -0.2) is 13.1 Å². The van der Waals surface area contributed by atoms with Gasteiger partial charge >= 0.3 is 0 Å². The molecule has 0 spiro atoms. The zero-order chi connectivity index (χ0) is 14.8. The first-order valence-corrected chi connectivity index (χ1v) is 9.51. The highest BCUT2D eigenvalue weighted by Gasteiger charge is 2.34. The molecule has 0 aliphatic heterocycles. The third kappa shape index (κ3) is 3.13. The fourth-order valence-corrected chi connectivity index (χ4v) is 5.10. The van der Waals surface area contributed by atoms with Crippen LogP contribution in [0.1, 0.15) is 31.2 Å². The van der Waals surface area contributed by atoms with Gasteiger partial charge in [-0.3, -0.25) is 0 Å². The number of nitrogen functional groups attached to an aromatic ring is 1. The second-order valence-corrected chi connectivity index (χ2v) is 8.40. The molecule has 1 aromatic rings. The molecule has 0 radical (unpaired) electrons.